The molecule has 22 heavy (non-hydrogen) atoms. The Hall–Kier alpha value is -2.96. The van der Waals surface area contributed by atoms with Gasteiger partial charge in [-0.25, -0.2) is 13.9 Å². The van der Waals surface area contributed by atoms with Crippen LogP contribution in [0.1, 0.15) is 6.92 Å². The first-order valence-electron chi connectivity index (χ1n) is 6.55. The lowest BCUT2D eigenvalue weighted by molar-refractivity contribution is -0.114. The Morgan fingerprint density at radius 3 is 2.82 bits per heavy atom. The summed E-state index contributed by atoms with van der Waals surface area (Å²) in [6, 6.07) is 7.81. The number of anilines is 1. The molecule has 1 aromatic carbocycles. The average Bonchev–Trinajstić information content (AvgIpc) is 2.94. The number of hydrogen-bond donors (Lipinski definition) is 1. The summed E-state index contributed by atoms with van der Waals surface area (Å²) < 4.78 is 20.8. The van der Waals surface area contributed by atoms with Gasteiger partial charge in [0.1, 0.15) is 17.4 Å². The molecule has 0 atom stereocenters. The van der Waals surface area contributed by atoms with Crippen LogP contribution in [0, 0.1) is 5.82 Å². The summed E-state index contributed by atoms with van der Waals surface area (Å²) in [7, 11) is 1.47. The van der Waals surface area contributed by atoms with Gasteiger partial charge in [0.25, 0.3) is 0 Å². The maximum Gasteiger partial charge on any atom is 0.222 e. The number of carbonyl (C=O) groups is 1. The SMILES string of the molecule is COc1ccc(-c2cc(NC(C)=O)nc3ccnn23)c(F)c1. The van der Waals surface area contributed by atoms with Crippen LogP contribution >= 0.6 is 0 Å². The van der Waals surface area contributed by atoms with E-state index in [1.807, 2.05) is 0 Å². The standard InChI is InChI=1S/C15H13FN4O2/c1-9(21)18-14-8-13(20-15(19-14)5-6-17-20)11-4-3-10(22-2)7-12(11)16/h3-8H,1-2H3,(H,18,19,21). The van der Waals surface area contributed by atoms with Crippen molar-refractivity contribution < 1.29 is 13.9 Å². The van der Waals surface area contributed by atoms with Crippen LogP contribution in [-0.4, -0.2) is 27.6 Å². The lowest BCUT2D eigenvalue weighted by atomic mass is 10.1. The number of halogens is 1. The third kappa shape index (κ3) is 2.48. The molecule has 0 aliphatic carbocycles. The lowest BCUT2D eigenvalue weighted by Gasteiger charge is -2.10. The van der Waals surface area contributed by atoms with Crippen LogP contribution in [-0.2, 0) is 4.79 Å². The minimum atomic E-state index is -0.448. The van der Waals surface area contributed by atoms with Crippen molar-refractivity contribution in [1.82, 2.24) is 14.6 Å². The van der Waals surface area contributed by atoms with E-state index in [1.54, 1.807) is 30.5 Å². The smallest absolute Gasteiger partial charge is 0.222 e. The first-order chi connectivity index (χ1) is 10.6. The van der Waals surface area contributed by atoms with Crippen molar-refractivity contribution in [3.05, 3.63) is 42.3 Å². The predicted octanol–water partition coefficient (Wildman–Crippen LogP) is 2.50. The van der Waals surface area contributed by atoms with Crippen LogP contribution < -0.4 is 10.1 Å². The zero-order valence-corrected chi connectivity index (χ0v) is 12.0. The topological polar surface area (TPSA) is 68.5 Å². The normalized spacial score (nSPS) is 10.7. The summed E-state index contributed by atoms with van der Waals surface area (Å²) in [6.45, 7) is 1.38. The second-order valence-electron chi connectivity index (χ2n) is 4.65. The number of carbonyl (C=O) groups excluding carboxylic acids is 1. The molecule has 3 rings (SSSR count). The fourth-order valence-electron chi connectivity index (χ4n) is 2.18. The van der Waals surface area contributed by atoms with E-state index < -0.39 is 5.82 Å². The molecular formula is C15H13FN4O2. The molecule has 1 amide bonds. The minimum absolute atomic E-state index is 0.252. The third-order valence-electron chi connectivity index (χ3n) is 3.12. The van der Waals surface area contributed by atoms with Gasteiger partial charge in [-0.15, -0.1) is 0 Å². The average molecular weight is 300 g/mol. The summed E-state index contributed by atoms with van der Waals surface area (Å²) >= 11 is 0. The molecule has 112 valence electrons. The number of hydrogen-bond acceptors (Lipinski definition) is 4. The fraction of sp³-hybridized carbons (Fsp3) is 0.133. The Kier molecular flexibility index (Phi) is 3.46. The molecule has 0 bridgehead atoms. The zero-order valence-electron chi connectivity index (χ0n) is 12.0. The van der Waals surface area contributed by atoms with Crippen LogP contribution in [0.2, 0.25) is 0 Å². The number of nitrogens with zero attached hydrogens (tertiary/aromatic N) is 3. The molecule has 2 heterocycles. The summed E-state index contributed by atoms with van der Waals surface area (Å²) in [6.07, 6.45) is 1.56. The van der Waals surface area contributed by atoms with E-state index in [9.17, 15) is 9.18 Å². The number of ether oxygens (including phenoxy) is 1. The molecule has 0 radical (unpaired) electrons. The lowest BCUT2D eigenvalue weighted by Crippen LogP contribution is -2.09. The van der Waals surface area contributed by atoms with Gasteiger partial charge in [0.05, 0.1) is 19.0 Å². The largest absolute Gasteiger partial charge is 0.497 e. The van der Waals surface area contributed by atoms with Gasteiger partial charge < -0.3 is 10.1 Å². The van der Waals surface area contributed by atoms with E-state index in [2.05, 4.69) is 15.4 Å². The molecule has 2 aromatic heterocycles. The highest BCUT2D eigenvalue weighted by Crippen LogP contribution is 2.28. The Morgan fingerprint density at radius 2 is 2.14 bits per heavy atom. The van der Waals surface area contributed by atoms with Crippen LogP contribution in [0.25, 0.3) is 16.9 Å². The van der Waals surface area contributed by atoms with Gasteiger partial charge in [-0.1, -0.05) is 0 Å². The number of benzene rings is 1. The number of nitrogens with one attached hydrogen (secondary N) is 1. The van der Waals surface area contributed by atoms with E-state index in [4.69, 9.17) is 4.74 Å². The third-order valence-corrected chi connectivity index (χ3v) is 3.12. The van der Waals surface area contributed by atoms with E-state index in [1.165, 1.54) is 24.6 Å². The molecule has 0 aliphatic heterocycles. The molecule has 7 heteroatoms. The summed E-state index contributed by atoms with van der Waals surface area (Å²) in [4.78, 5) is 15.5. The monoisotopic (exact) mass is 300 g/mol. The molecular weight excluding hydrogens is 287 g/mol. The number of amides is 1. The first-order valence-corrected chi connectivity index (χ1v) is 6.55. The van der Waals surface area contributed by atoms with Gasteiger partial charge in [-0.05, 0) is 12.1 Å². The maximum absolute atomic E-state index is 14.3. The zero-order chi connectivity index (χ0) is 15.7. The molecule has 0 unspecified atom stereocenters. The highest BCUT2D eigenvalue weighted by molar-refractivity contribution is 5.88. The molecule has 0 saturated carbocycles. The number of aromatic nitrogens is 3. The van der Waals surface area contributed by atoms with E-state index in [0.29, 0.717) is 28.5 Å². The predicted molar refractivity (Wildman–Crippen MR) is 79.2 cm³/mol. The second kappa shape index (κ2) is 5.44. The van der Waals surface area contributed by atoms with Gasteiger partial charge >= 0.3 is 0 Å². The van der Waals surface area contributed by atoms with Crippen LogP contribution in [0.15, 0.2) is 36.5 Å². The van der Waals surface area contributed by atoms with Crippen molar-refractivity contribution in [3.63, 3.8) is 0 Å². The van der Waals surface area contributed by atoms with Crippen LogP contribution in [0.5, 0.6) is 5.75 Å². The highest BCUT2D eigenvalue weighted by Gasteiger charge is 2.13. The molecule has 0 spiro atoms. The maximum atomic E-state index is 14.3. The summed E-state index contributed by atoms with van der Waals surface area (Å²) in [5.74, 6) is 0.0634. The number of rotatable bonds is 3. The van der Waals surface area contributed by atoms with Gasteiger partial charge in [-0.2, -0.15) is 5.10 Å². The van der Waals surface area contributed by atoms with Crippen LogP contribution in [0.3, 0.4) is 0 Å². The Labute approximate surface area is 125 Å². The quantitative estimate of drug-likeness (QED) is 0.807. The molecule has 6 nitrogen and oxygen atoms in total. The molecule has 1 N–H and O–H groups in total. The van der Waals surface area contributed by atoms with E-state index >= 15 is 0 Å². The van der Waals surface area contributed by atoms with Gasteiger partial charge in [-0.3, -0.25) is 4.79 Å². The molecule has 0 saturated heterocycles. The Morgan fingerprint density at radius 1 is 1.32 bits per heavy atom. The number of fused-ring (bicyclic) bond motifs is 1. The molecule has 3 aromatic rings. The van der Waals surface area contributed by atoms with Crippen molar-refractivity contribution in [1.29, 1.82) is 0 Å². The molecule has 0 fully saturated rings. The van der Waals surface area contributed by atoms with Gasteiger partial charge in [0, 0.05) is 30.7 Å². The number of methoxy groups -OCH3 is 1. The van der Waals surface area contributed by atoms with E-state index in [-0.39, 0.29) is 5.91 Å². The van der Waals surface area contributed by atoms with Crippen molar-refractivity contribution in [2.75, 3.05) is 12.4 Å². The van der Waals surface area contributed by atoms with Crippen molar-refractivity contribution >= 4 is 17.4 Å². The first kappa shape index (κ1) is 14.0. The van der Waals surface area contributed by atoms with Gasteiger partial charge in [0.2, 0.25) is 5.91 Å². The van der Waals surface area contributed by atoms with Crippen molar-refractivity contribution in [2.24, 2.45) is 0 Å². The van der Waals surface area contributed by atoms with Crippen molar-refractivity contribution in [3.8, 4) is 17.0 Å². The Balaban J connectivity index is 2.20. The second-order valence-corrected chi connectivity index (χ2v) is 4.65. The van der Waals surface area contributed by atoms with Crippen molar-refractivity contribution in [2.45, 2.75) is 6.92 Å². The minimum Gasteiger partial charge on any atom is -0.497 e. The van der Waals surface area contributed by atoms with E-state index in [0.717, 1.165) is 0 Å². The van der Waals surface area contributed by atoms with Crippen LogP contribution in [0.4, 0.5) is 10.2 Å². The summed E-state index contributed by atoms with van der Waals surface area (Å²) in [5.41, 5.74) is 1.33. The summed E-state index contributed by atoms with van der Waals surface area (Å²) in [5, 5.41) is 6.74. The molecule has 0 aliphatic rings. The highest BCUT2D eigenvalue weighted by atomic mass is 19.1. The Bertz CT molecular complexity index is 860. The fourth-order valence-corrected chi connectivity index (χ4v) is 2.18. The van der Waals surface area contributed by atoms with Gasteiger partial charge in [0.15, 0.2) is 5.65 Å².